The molecule has 1 aliphatic heterocycles. The van der Waals surface area contributed by atoms with E-state index in [4.69, 9.17) is 4.74 Å². The summed E-state index contributed by atoms with van der Waals surface area (Å²) in [6.45, 7) is 1.68. The first-order chi connectivity index (χ1) is 13.7. The van der Waals surface area contributed by atoms with E-state index in [0.717, 1.165) is 0 Å². The highest BCUT2D eigenvalue weighted by Gasteiger charge is 2.47. The van der Waals surface area contributed by atoms with Crippen LogP contribution in [0.5, 0.6) is 5.88 Å². The van der Waals surface area contributed by atoms with Gasteiger partial charge in [-0.15, -0.1) is 0 Å². The van der Waals surface area contributed by atoms with Crippen LogP contribution in [0.4, 0.5) is 19.0 Å². The summed E-state index contributed by atoms with van der Waals surface area (Å²) in [5.41, 5.74) is 0.674. The normalized spacial score (nSPS) is 17.2. The summed E-state index contributed by atoms with van der Waals surface area (Å²) >= 11 is 1.61. The molecule has 0 saturated carbocycles. The predicted molar refractivity (Wildman–Crippen MR) is 108 cm³/mol. The van der Waals surface area contributed by atoms with Crippen molar-refractivity contribution >= 4 is 38.6 Å². The van der Waals surface area contributed by atoms with Gasteiger partial charge in [0.05, 0.1) is 16.8 Å². The number of halogens is 3. The van der Waals surface area contributed by atoms with Crippen LogP contribution in [0, 0.1) is 5.92 Å². The third kappa shape index (κ3) is 5.65. The van der Waals surface area contributed by atoms with Crippen molar-refractivity contribution in [1.82, 2.24) is 9.97 Å². The van der Waals surface area contributed by atoms with Gasteiger partial charge in [-0.1, -0.05) is 19.1 Å². The molecule has 1 unspecified atom stereocenters. The lowest BCUT2D eigenvalue weighted by Gasteiger charge is -2.31. The highest BCUT2D eigenvalue weighted by Crippen LogP contribution is 2.38. The summed E-state index contributed by atoms with van der Waals surface area (Å²) in [5.74, 6) is -0.436. The van der Waals surface area contributed by atoms with E-state index in [-0.39, 0.29) is 11.6 Å². The number of nitrogens with one attached hydrogen (secondary N) is 1. The van der Waals surface area contributed by atoms with Crippen LogP contribution < -0.4 is 9.46 Å². The Morgan fingerprint density at radius 1 is 1.21 bits per heavy atom. The number of hydrogen-bond acceptors (Lipinski definition) is 6. The van der Waals surface area contributed by atoms with Crippen molar-refractivity contribution in [2.75, 3.05) is 22.0 Å². The molecule has 1 aliphatic rings. The van der Waals surface area contributed by atoms with E-state index >= 15 is 0 Å². The monoisotopic (exact) mass is 449 g/mol. The Morgan fingerprint density at radius 3 is 2.41 bits per heavy atom. The molecule has 0 radical (unpaired) electrons. The molecule has 0 spiro atoms. The van der Waals surface area contributed by atoms with Crippen molar-refractivity contribution in [3.05, 3.63) is 24.3 Å². The van der Waals surface area contributed by atoms with Crippen molar-refractivity contribution in [2.24, 2.45) is 5.92 Å². The molecule has 3 rings (SSSR count). The molecular weight excluding hydrogens is 427 g/mol. The smallest absolute Gasteiger partial charge is 0.425 e. The highest BCUT2D eigenvalue weighted by molar-refractivity contribution is 7.99. The summed E-state index contributed by atoms with van der Waals surface area (Å²) in [7, 11) is -3.79. The molecule has 1 atom stereocenters. The van der Waals surface area contributed by atoms with Crippen molar-refractivity contribution in [1.29, 1.82) is 0 Å². The van der Waals surface area contributed by atoms with Crippen molar-refractivity contribution in [3.63, 3.8) is 0 Å². The van der Waals surface area contributed by atoms with Crippen LogP contribution in [0.3, 0.4) is 0 Å². The minimum atomic E-state index is -4.61. The van der Waals surface area contributed by atoms with Gasteiger partial charge in [0.15, 0.2) is 6.10 Å². The maximum Gasteiger partial charge on any atom is 0.425 e. The van der Waals surface area contributed by atoms with Gasteiger partial charge in [-0.2, -0.15) is 24.9 Å². The van der Waals surface area contributed by atoms with Crippen LogP contribution in [0.2, 0.25) is 0 Å². The number of nitrogens with zero attached hydrogens (tertiary/aromatic N) is 2. The van der Waals surface area contributed by atoms with Gasteiger partial charge in [-0.05, 0) is 42.9 Å². The molecule has 1 aromatic heterocycles. The zero-order chi connectivity index (χ0) is 21.1. The molecule has 1 N–H and O–H groups in total. The Hall–Kier alpha value is -1.75. The summed E-state index contributed by atoms with van der Waals surface area (Å²) in [5, 5.41) is 0. The Labute approximate surface area is 171 Å². The fourth-order valence-corrected chi connectivity index (χ4v) is 5.38. The van der Waals surface area contributed by atoms with Gasteiger partial charge in [0, 0.05) is 5.92 Å². The first-order valence-corrected chi connectivity index (χ1v) is 12.1. The summed E-state index contributed by atoms with van der Waals surface area (Å²) in [4.78, 5) is 8.32. The zero-order valence-electron chi connectivity index (χ0n) is 15.8. The first kappa shape index (κ1) is 21.9. The molecule has 0 amide bonds. The Balaban J connectivity index is 2.01. The third-order valence-electron chi connectivity index (χ3n) is 4.52. The molecule has 0 aliphatic carbocycles. The van der Waals surface area contributed by atoms with Gasteiger partial charge >= 0.3 is 6.18 Å². The highest BCUT2D eigenvalue weighted by atomic mass is 32.2. The number of alkyl halides is 3. The molecule has 2 aromatic rings. The largest absolute Gasteiger partial charge is 0.462 e. The van der Waals surface area contributed by atoms with Gasteiger partial charge in [-0.3, -0.25) is 4.72 Å². The number of anilines is 1. The summed E-state index contributed by atoms with van der Waals surface area (Å²) in [6, 6.07) is 6.53. The Morgan fingerprint density at radius 2 is 1.83 bits per heavy atom. The zero-order valence-corrected chi connectivity index (χ0v) is 17.4. The maximum atomic E-state index is 13.8. The number of para-hydroxylation sites is 2. The number of ether oxygens (including phenoxy) is 1. The summed E-state index contributed by atoms with van der Waals surface area (Å²) < 4.78 is 73.3. The Kier molecular flexibility index (Phi) is 6.77. The van der Waals surface area contributed by atoms with E-state index in [1.807, 2.05) is 0 Å². The molecule has 0 bridgehead atoms. The van der Waals surface area contributed by atoms with Gasteiger partial charge < -0.3 is 4.74 Å². The number of benzene rings is 1. The lowest BCUT2D eigenvalue weighted by Crippen LogP contribution is -2.42. The second kappa shape index (κ2) is 8.95. The second-order valence-electron chi connectivity index (χ2n) is 6.82. The van der Waals surface area contributed by atoms with Crippen LogP contribution >= 0.6 is 11.8 Å². The van der Waals surface area contributed by atoms with Gasteiger partial charge in [0.25, 0.3) is 5.88 Å². The van der Waals surface area contributed by atoms with Crippen LogP contribution in [-0.2, 0) is 10.0 Å². The molecule has 1 fully saturated rings. The van der Waals surface area contributed by atoms with Crippen molar-refractivity contribution in [2.45, 2.75) is 38.5 Å². The molecule has 2 heterocycles. The van der Waals surface area contributed by atoms with Crippen LogP contribution in [-0.4, -0.2) is 47.9 Å². The van der Waals surface area contributed by atoms with E-state index in [2.05, 4.69) is 14.7 Å². The van der Waals surface area contributed by atoms with E-state index in [1.54, 1.807) is 43.0 Å². The molecule has 29 heavy (non-hydrogen) atoms. The molecule has 160 valence electrons. The molecule has 11 heteroatoms. The van der Waals surface area contributed by atoms with E-state index < -0.39 is 34.1 Å². The number of aromatic nitrogens is 2. The molecule has 1 aromatic carbocycles. The number of rotatable bonds is 7. The van der Waals surface area contributed by atoms with E-state index in [0.29, 0.717) is 41.8 Å². The van der Waals surface area contributed by atoms with Gasteiger partial charge in [0.2, 0.25) is 15.8 Å². The predicted octanol–water partition coefficient (Wildman–Crippen LogP) is 4.23. The first-order valence-electron chi connectivity index (χ1n) is 9.28. The molecule has 1 saturated heterocycles. The SMILES string of the molecule is CCCS(=O)(=O)Nc1nc2ccccc2nc1OC(C1CCSCC1)C(F)(F)F. The lowest BCUT2D eigenvalue weighted by atomic mass is 9.95. The second-order valence-corrected chi connectivity index (χ2v) is 9.88. The van der Waals surface area contributed by atoms with Crippen LogP contribution in [0.1, 0.15) is 26.2 Å². The van der Waals surface area contributed by atoms with E-state index in [1.165, 1.54) is 0 Å². The Bertz CT molecular complexity index is 948. The number of fused-ring (bicyclic) bond motifs is 1. The molecular formula is C18H22F3N3O3S2. The average Bonchev–Trinajstić information content (AvgIpc) is 2.65. The lowest BCUT2D eigenvalue weighted by molar-refractivity contribution is -0.211. The number of thioether (sulfide) groups is 1. The molecule has 6 nitrogen and oxygen atoms in total. The standard InChI is InChI=1S/C18H22F3N3O3S2/c1-2-11-29(25,26)24-16-17(23-14-6-4-3-5-13(14)22-16)27-15(18(19,20)21)12-7-9-28-10-8-12/h3-6,12,15H,2,7-11H2,1H3,(H,22,24). The van der Waals surface area contributed by atoms with Gasteiger partial charge in [0.1, 0.15) is 0 Å². The minimum Gasteiger partial charge on any atom is -0.462 e. The third-order valence-corrected chi connectivity index (χ3v) is 7.02. The van der Waals surface area contributed by atoms with Crippen LogP contribution in [0.15, 0.2) is 24.3 Å². The summed E-state index contributed by atoms with van der Waals surface area (Å²) in [6.07, 6.45) is -5.61. The fourth-order valence-electron chi connectivity index (χ4n) is 3.17. The van der Waals surface area contributed by atoms with E-state index in [9.17, 15) is 21.6 Å². The van der Waals surface area contributed by atoms with Crippen LogP contribution in [0.25, 0.3) is 11.0 Å². The minimum absolute atomic E-state index is 0.191. The number of hydrogen-bond donors (Lipinski definition) is 1. The van der Waals surface area contributed by atoms with Crippen molar-refractivity contribution < 1.29 is 26.3 Å². The van der Waals surface area contributed by atoms with Crippen molar-refractivity contribution in [3.8, 4) is 5.88 Å². The maximum absolute atomic E-state index is 13.8. The average molecular weight is 450 g/mol. The topological polar surface area (TPSA) is 81.2 Å². The fraction of sp³-hybridized carbons (Fsp3) is 0.556. The number of sulfonamides is 1. The van der Waals surface area contributed by atoms with Gasteiger partial charge in [-0.25, -0.2) is 18.4 Å². The quantitative estimate of drug-likeness (QED) is 0.681.